The highest BCUT2D eigenvalue weighted by Gasteiger charge is 2.23. The van der Waals surface area contributed by atoms with Crippen molar-refractivity contribution in [3.05, 3.63) is 77.5 Å². The van der Waals surface area contributed by atoms with Crippen molar-refractivity contribution in [2.24, 2.45) is 0 Å². The highest BCUT2D eigenvalue weighted by Crippen LogP contribution is 2.31. The van der Waals surface area contributed by atoms with Gasteiger partial charge in [0.2, 0.25) is 0 Å². The molecule has 0 spiro atoms. The van der Waals surface area contributed by atoms with E-state index in [-0.39, 0.29) is 23.0 Å². The number of amides is 3. The lowest BCUT2D eigenvalue weighted by Crippen LogP contribution is -2.36. The summed E-state index contributed by atoms with van der Waals surface area (Å²) in [6.45, 7) is 0.315. The molecule has 4 rings (SSSR count). The van der Waals surface area contributed by atoms with E-state index in [0.717, 1.165) is 11.6 Å². The van der Waals surface area contributed by atoms with E-state index in [2.05, 4.69) is 20.9 Å². The van der Waals surface area contributed by atoms with E-state index in [0.29, 0.717) is 18.1 Å². The SMILES string of the molecule is CN1Cc2c(Nc3ccc(NC(=O)c4ccccc4F)cc3F)ccnc2NC1=O. The molecule has 1 aromatic heterocycles. The second-order valence-electron chi connectivity index (χ2n) is 6.73. The third-order valence-electron chi connectivity index (χ3n) is 4.64. The predicted molar refractivity (Wildman–Crippen MR) is 109 cm³/mol. The van der Waals surface area contributed by atoms with Crippen molar-refractivity contribution in [3.8, 4) is 0 Å². The van der Waals surface area contributed by atoms with Crippen molar-refractivity contribution in [2.75, 3.05) is 23.0 Å². The number of aromatic nitrogens is 1. The number of carbonyl (C=O) groups excluding carboxylic acids is 2. The molecule has 1 aliphatic heterocycles. The lowest BCUT2D eigenvalue weighted by atomic mass is 10.1. The molecule has 0 aliphatic carbocycles. The molecule has 7 nitrogen and oxygen atoms in total. The molecule has 152 valence electrons. The van der Waals surface area contributed by atoms with Crippen molar-refractivity contribution < 1.29 is 18.4 Å². The average Bonchev–Trinajstić information content (AvgIpc) is 2.71. The Morgan fingerprint density at radius 2 is 1.90 bits per heavy atom. The highest BCUT2D eigenvalue weighted by molar-refractivity contribution is 6.04. The molecule has 0 saturated carbocycles. The van der Waals surface area contributed by atoms with Crippen molar-refractivity contribution in [1.29, 1.82) is 0 Å². The fourth-order valence-electron chi connectivity index (χ4n) is 3.07. The molecule has 3 N–H and O–H groups in total. The first kappa shape index (κ1) is 19.3. The molecule has 9 heteroatoms. The Bertz CT molecular complexity index is 1150. The van der Waals surface area contributed by atoms with Crippen LogP contribution in [0.2, 0.25) is 0 Å². The lowest BCUT2D eigenvalue weighted by Gasteiger charge is -2.27. The van der Waals surface area contributed by atoms with Gasteiger partial charge in [-0.3, -0.25) is 10.1 Å². The second kappa shape index (κ2) is 7.78. The minimum atomic E-state index is -0.671. The van der Waals surface area contributed by atoms with Crippen LogP contribution in [-0.4, -0.2) is 28.9 Å². The molecule has 0 saturated heterocycles. The fraction of sp³-hybridized carbons (Fsp3) is 0.0952. The Morgan fingerprint density at radius 1 is 1.10 bits per heavy atom. The number of halogens is 2. The number of anilines is 4. The third kappa shape index (κ3) is 3.77. The van der Waals surface area contributed by atoms with Gasteiger partial charge in [0.05, 0.1) is 17.8 Å². The number of nitrogens with one attached hydrogen (secondary N) is 3. The number of carbonyl (C=O) groups is 2. The molecule has 3 aromatic rings. The lowest BCUT2D eigenvalue weighted by molar-refractivity contribution is 0.102. The van der Waals surface area contributed by atoms with Gasteiger partial charge in [0.15, 0.2) is 0 Å². The van der Waals surface area contributed by atoms with Gasteiger partial charge in [0.1, 0.15) is 17.5 Å². The van der Waals surface area contributed by atoms with Crippen LogP contribution in [0.3, 0.4) is 0 Å². The van der Waals surface area contributed by atoms with Crippen LogP contribution in [0.15, 0.2) is 54.7 Å². The monoisotopic (exact) mass is 409 g/mol. The van der Waals surface area contributed by atoms with Gasteiger partial charge in [-0.15, -0.1) is 0 Å². The molecule has 0 atom stereocenters. The number of fused-ring (bicyclic) bond motifs is 1. The third-order valence-corrected chi connectivity index (χ3v) is 4.64. The van der Waals surface area contributed by atoms with Gasteiger partial charge >= 0.3 is 6.03 Å². The summed E-state index contributed by atoms with van der Waals surface area (Å²) in [5, 5.41) is 8.14. The topological polar surface area (TPSA) is 86.4 Å². The summed E-state index contributed by atoms with van der Waals surface area (Å²) in [4.78, 5) is 29.6. The Labute approximate surface area is 170 Å². The molecule has 2 aromatic carbocycles. The summed E-state index contributed by atoms with van der Waals surface area (Å²) >= 11 is 0. The zero-order valence-electron chi connectivity index (χ0n) is 15.9. The summed E-state index contributed by atoms with van der Waals surface area (Å²) in [7, 11) is 1.64. The van der Waals surface area contributed by atoms with E-state index in [1.54, 1.807) is 19.2 Å². The van der Waals surface area contributed by atoms with E-state index in [1.165, 1.54) is 41.4 Å². The predicted octanol–water partition coefficient (Wildman–Crippen LogP) is 4.33. The van der Waals surface area contributed by atoms with Crippen LogP contribution in [-0.2, 0) is 6.54 Å². The van der Waals surface area contributed by atoms with Crippen LogP contribution in [0.4, 0.5) is 36.5 Å². The number of benzene rings is 2. The van der Waals surface area contributed by atoms with Gasteiger partial charge in [-0.25, -0.2) is 18.6 Å². The molecule has 0 unspecified atom stereocenters. The van der Waals surface area contributed by atoms with Crippen molar-refractivity contribution >= 4 is 34.8 Å². The zero-order valence-corrected chi connectivity index (χ0v) is 15.9. The summed E-state index contributed by atoms with van der Waals surface area (Å²) in [5.74, 6) is -1.53. The number of rotatable bonds is 4. The van der Waals surface area contributed by atoms with Crippen molar-refractivity contribution in [1.82, 2.24) is 9.88 Å². The van der Waals surface area contributed by atoms with Gasteiger partial charge in [-0.05, 0) is 36.4 Å². The fourth-order valence-corrected chi connectivity index (χ4v) is 3.07. The Hall–Kier alpha value is -4.01. The number of hydrogen-bond acceptors (Lipinski definition) is 4. The van der Waals surface area contributed by atoms with Crippen molar-refractivity contribution in [2.45, 2.75) is 6.54 Å². The Balaban J connectivity index is 1.54. The number of urea groups is 1. The first-order valence-electron chi connectivity index (χ1n) is 9.05. The molecule has 0 radical (unpaired) electrons. The summed E-state index contributed by atoms with van der Waals surface area (Å²) in [5.41, 5.74) is 1.54. The first-order valence-corrected chi connectivity index (χ1v) is 9.05. The van der Waals surface area contributed by atoms with Crippen LogP contribution in [0.5, 0.6) is 0 Å². The van der Waals surface area contributed by atoms with Crippen LogP contribution >= 0.6 is 0 Å². The van der Waals surface area contributed by atoms with Crippen LogP contribution in [0.25, 0.3) is 0 Å². The van der Waals surface area contributed by atoms with Gasteiger partial charge in [-0.2, -0.15) is 0 Å². The number of nitrogens with zero attached hydrogens (tertiary/aromatic N) is 2. The minimum absolute atomic E-state index is 0.130. The average molecular weight is 409 g/mol. The largest absolute Gasteiger partial charge is 0.353 e. The Kier molecular flexibility index (Phi) is 5.01. The molecule has 1 aliphatic rings. The maximum atomic E-state index is 14.7. The van der Waals surface area contributed by atoms with E-state index < -0.39 is 17.5 Å². The van der Waals surface area contributed by atoms with E-state index >= 15 is 0 Å². The summed E-state index contributed by atoms with van der Waals surface area (Å²) < 4.78 is 28.4. The first-order chi connectivity index (χ1) is 14.4. The number of pyridine rings is 1. The summed E-state index contributed by atoms with van der Waals surface area (Å²) in [6, 6.07) is 11.1. The van der Waals surface area contributed by atoms with Gasteiger partial charge in [-0.1, -0.05) is 12.1 Å². The smallest absolute Gasteiger partial charge is 0.323 e. The molecule has 3 amide bonds. The molecular weight excluding hydrogens is 392 g/mol. The maximum Gasteiger partial charge on any atom is 0.323 e. The molecule has 0 bridgehead atoms. The van der Waals surface area contributed by atoms with E-state index in [9.17, 15) is 18.4 Å². The van der Waals surface area contributed by atoms with E-state index in [1.807, 2.05) is 0 Å². The van der Waals surface area contributed by atoms with Crippen LogP contribution < -0.4 is 16.0 Å². The van der Waals surface area contributed by atoms with Crippen molar-refractivity contribution in [3.63, 3.8) is 0 Å². The van der Waals surface area contributed by atoms with Gasteiger partial charge in [0.25, 0.3) is 5.91 Å². The molecular formula is C21H17F2N5O2. The van der Waals surface area contributed by atoms with Gasteiger partial charge in [0, 0.05) is 30.2 Å². The van der Waals surface area contributed by atoms with Crippen LogP contribution in [0, 0.1) is 11.6 Å². The van der Waals surface area contributed by atoms with Gasteiger partial charge < -0.3 is 15.5 Å². The normalized spacial score (nSPS) is 12.8. The Morgan fingerprint density at radius 3 is 2.67 bits per heavy atom. The molecule has 30 heavy (non-hydrogen) atoms. The minimum Gasteiger partial charge on any atom is -0.353 e. The standard InChI is InChI=1S/C21H17F2N5O2/c1-28-11-14-17(8-9-24-19(14)27-21(28)30)26-18-7-6-12(10-16(18)23)25-20(29)13-4-2-3-5-15(13)22/h2-10H,11H2,1H3,(H,25,29)(H2,24,26,27,30). The zero-order chi connectivity index (χ0) is 21.3. The van der Waals surface area contributed by atoms with Crippen LogP contribution in [0.1, 0.15) is 15.9 Å². The quantitative estimate of drug-likeness (QED) is 0.599. The summed E-state index contributed by atoms with van der Waals surface area (Å²) in [6.07, 6.45) is 1.51. The highest BCUT2D eigenvalue weighted by atomic mass is 19.1. The number of hydrogen-bond donors (Lipinski definition) is 3. The molecule has 0 fully saturated rings. The molecule has 2 heterocycles. The van der Waals surface area contributed by atoms with E-state index in [4.69, 9.17) is 0 Å². The maximum absolute atomic E-state index is 14.7. The second-order valence-corrected chi connectivity index (χ2v) is 6.73.